The van der Waals surface area contributed by atoms with Gasteiger partial charge in [0.15, 0.2) is 0 Å². The van der Waals surface area contributed by atoms with E-state index in [0.717, 1.165) is 25.7 Å². The summed E-state index contributed by atoms with van der Waals surface area (Å²) < 4.78 is 11.8. The number of rotatable bonds is 0. The fourth-order valence-corrected chi connectivity index (χ4v) is 0.759. The van der Waals surface area contributed by atoms with Crippen molar-refractivity contribution in [2.45, 2.75) is 25.7 Å². The molecule has 35 valence electrons. The second-order valence-electron chi connectivity index (χ2n) is 1.72. The molecular weight excluding hydrogens is 79.1 g/mol. The van der Waals surface area contributed by atoms with Gasteiger partial charge in [-0.05, 0) is 12.8 Å². The van der Waals surface area contributed by atoms with E-state index in [1.165, 1.54) is 0 Å². The molecule has 0 nitrogen and oxygen atoms in total. The average Bonchev–Trinajstić information content (AvgIpc) is 1.86. The number of hydrogen-bond donors (Lipinski definition) is 0. The summed E-state index contributed by atoms with van der Waals surface area (Å²) >= 11 is 0. The van der Waals surface area contributed by atoms with E-state index >= 15 is 0 Å². The Labute approximate surface area is 37.4 Å². The van der Waals surface area contributed by atoms with Crippen LogP contribution in [-0.4, -0.2) is 0 Å². The summed E-state index contributed by atoms with van der Waals surface area (Å²) in [4.78, 5) is 0. The first-order valence-corrected chi connectivity index (χ1v) is 2.40. The van der Waals surface area contributed by atoms with Crippen molar-refractivity contribution in [1.29, 1.82) is 0 Å². The lowest BCUT2D eigenvalue weighted by Gasteiger charge is -1.84. The zero-order valence-corrected chi connectivity index (χ0v) is 3.71. The first-order chi connectivity index (χ1) is 2.89. The molecule has 0 aromatic rings. The third kappa shape index (κ3) is 0.703. The molecule has 0 atom stereocenters. The standard InChI is InChI=1S/C5H8F/c6-5-3-1-2-4-5/h1-4H2. The van der Waals surface area contributed by atoms with Gasteiger partial charge in [0, 0.05) is 0 Å². The molecule has 0 N–H and O–H groups in total. The van der Waals surface area contributed by atoms with Gasteiger partial charge in [0.25, 0.3) is 0 Å². The van der Waals surface area contributed by atoms with E-state index in [4.69, 9.17) is 0 Å². The smallest absolute Gasteiger partial charge is 0.144 e. The Morgan fingerprint density at radius 2 is 1.67 bits per heavy atom. The van der Waals surface area contributed by atoms with Gasteiger partial charge in [-0.1, -0.05) is 12.8 Å². The molecule has 1 heteroatoms. The molecule has 0 aliphatic heterocycles. The summed E-state index contributed by atoms with van der Waals surface area (Å²) in [6.07, 6.45) is 3.83. The van der Waals surface area contributed by atoms with E-state index < -0.39 is 0 Å². The van der Waals surface area contributed by atoms with E-state index in [1.807, 2.05) is 0 Å². The lowest BCUT2D eigenvalue weighted by molar-refractivity contribution is 0.478. The number of halogens is 1. The van der Waals surface area contributed by atoms with Gasteiger partial charge in [0.2, 0.25) is 0 Å². The Bertz CT molecular complexity index is 37.2. The second-order valence-corrected chi connectivity index (χ2v) is 1.72. The molecule has 1 radical (unpaired) electrons. The maximum Gasteiger partial charge on any atom is 0.144 e. The fraction of sp³-hybridized carbons (Fsp3) is 0.800. The van der Waals surface area contributed by atoms with Gasteiger partial charge in [-0.3, -0.25) is 0 Å². The van der Waals surface area contributed by atoms with Crippen LogP contribution in [0.4, 0.5) is 4.39 Å². The van der Waals surface area contributed by atoms with Crippen molar-refractivity contribution in [3.63, 3.8) is 0 Å². The van der Waals surface area contributed by atoms with E-state index in [2.05, 4.69) is 0 Å². The fourth-order valence-electron chi connectivity index (χ4n) is 0.759. The van der Waals surface area contributed by atoms with Crippen LogP contribution in [0.3, 0.4) is 0 Å². The largest absolute Gasteiger partial charge is 0.240 e. The first-order valence-electron chi connectivity index (χ1n) is 2.40. The molecule has 0 unspecified atom stereocenters. The summed E-state index contributed by atoms with van der Waals surface area (Å²) in [7, 11) is 0. The van der Waals surface area contributed by atoms with Crippen LogP contribution in [0.1, 0.15) is 25.7 Å². The van der Waals surface area contributed by atoms with Gasteiger partial charge in [-0.25, -0.2) is 4.39 Å². The second kappa shape index (κ2) is 1.59. The van der Waals surface area contributed by atoms with Gasteiger partial charge < -0.3 is 0 Å². The van der Waals surface area contributed by atoms with Crippen molar-refractivity contribution >= 4 is 0 Å². The SMILES string of the molecule is F[C]1CCCC1. The minimum Gasteiger partial charge on any atom is -0.240 e. The summed E-state index contributed by atoms with van der Waals surface area (Å²) in [5, 5.41) is 0. The zero-order valence-electron chi connectivity index (χ0n) is 3.71. The minimum absolute atomic E-state index is 0.204. The van der Waals surface area contributed by atoms with Gasteiger partial charge in [-0.2, -0.15) is 0 Å². The molecule has 1 aliphatic rings. The molecule has 1 fully saturated rings. The molecule has 0 heterocycles. The van der Waals surface area contributed by atoms with Crippen LogP contribution in [0.25, 0.3) is 0 Å². The van der Waals surface area contributed by atoms with E-state index in [9.17, 15) is 4.39 Å². The van der Waals surface area contributed by atoms with Crippen molar-refractivity contribution in [3.05, 3.63) is 6.17 Å². The summed E-state index contributed by atoms with van der Waals surface area (Å²) in [6, 6.07) is 0. The lowest BCUT2D eigenvalue weighted by Crippen LogP contribution is -1.71. The average molecular weight is 87.1 g/mol. The van der Waals surface area contributed by atoms with Crippen LogP contribution in [-0.2, 0) is 0 Å². The van der Waals surface area contributed by atoms with Gasteiger partial charge >= 0.3 is 0 Å². The highest BCUT2D eigenvalue weighted by Gasteiger charge is 2.13. The topological polar surface area (TPSA) is 0 Å². The van der Waals surface area contributed by atoms with E-state index in [-0.39, 0.29) is 6.17 Å². The van der Waals surface area contributed by atoms with Crippen LogP contribution in [0, 0.1) is 6.17 Å². The van der Waals surface area contributed by atoms with Crippen molar-refractivity contribution in [3.8, 4) is 0 Å². The maximum absolute atomic E-state index is 11.8. The third-order valence-electron chi connectivity index (χ3n) is 1.15. The third-order valence-corrected chi connectivity index (χ3v) is 1.15. The molecule has 0 saturated heterocycles. The molecule has 0 aromatic heterocycles. The molecule has 0 amide bonds. The minimum atomic E-state index is 0.204. The van der Waals surface area contributed by atoms with Crippen molar-refractivity contribution in [2.24, 2.45) is 0 Å². The highest BCUT2D eigenvalue weighted by molar-refractivity contribution is 4.81. The zero-order chi connectivity index (χ0) is 4.41. The van der Waals surface area contributed by atoms with Crippen molar-refractivity contribution in [2.75, 3.05) is 0 Å². The normalized spacial score (nSPS) is 25.5. The molecule has 0 bridgehead atoms. The van der Waals surface area contributed by atoms with Gasteiger partial charge in [-0.15, -0.1) is 0 Å². The molecule has 0 aromatic carbocycles. The van der Waals surface area contributed by atoms with Crippen molar-refractivity contribution < 1.29 is 4.39 Å². The monoisotopic (exact) mass is 87.1 g/mol. The summed E-state index contributed by atoms with van der Waals surface area (Å²) in [5.74, 6) is 0. The molecule has 1 rings (SSSR count). The maximum atomic E-state index is 11.8. The van der Waals surface area contributed by atoms with E-state index in [0.29, 0.717) is 0 Å². The first kappa shape index (κ1) is 4.10. The Morgan fingerprint density at radius 1 is 1.17 bits per heavy atom. The predicted molar refractivity (Wildman–Crippen MR) is 22.8 cm³/mol. The summed E-state index contributed by atoms with van der Waals surface area (Å²) in [6.45, 7) is 0. The van der Waals surface area contributed by atoms with Gasteiger partial charge in [0.1, 0.15) is 6.17 Å². The van der Waals surface area contributed by atoms with Crippen LogP contribution < -0.4 is 0 Å². The Kier molecular flexibility index (Phi) is 1.08. The van der Waals surface area contributed by atoms with Crippen LogP contribution in [0.15, 0.2) is 0 Å². The number of hydrogen-bond acceptors (Lipinski definition) is 0. The molecule has 6 heavy (non-hydrogen) atoms. The quantitative estimate of drug-likeness (QED) is 0.424. The van der Waals surface area contributed by atoms with Crippen molar-refractivity contribution in [1.82, 2.24) is 0 Å². The van der Waals surface area contributed by atoms with Gasteiger partial charge in [0.05, 0.1) is 0 Å². The van der Waals surface area contributed by atoms with Crippen LogP contribution >= 0.6 is 0 Å². The highest BCUT2D eigenvalue weighted by Crippen LogP contribution is 2.26. The lowest BCUT2D eigenvalue weighted by atomic mass is 10.3. The molecule has 1 saturated carbocycles. The predicted octanol–water partition coefficient (Wildman–Crippen LogP) is 2.06. The Hall–Kier alpha value is -0.0700. The summed E-state index contributed by atoms with van der Waals surface area (Å²) in [5.41, 5.74) is 0. The molecule has 1 aliphatic carbocycles. The Balaban J connectivity index is 2.18. The molecular formula is C5H8F. The van der Waals surface area contributed by atoms with Crippen LogP contribution in [0.5, 0.6) is 0 Å². The molecule has 0 spiro atoms. The Morgan fingerprint density at radius 3 is 1.83 bits per heavy atom. The van der Waals surface area contributed by atoms with E-state index in [1.54, 1.807) is 0 Å². The van der Waals surface area contributed by atoms with Crippen LogP contribution in [0.2, 0.25) is 0 Å². The highest BCUT2D eigenvalue weighted by atomic mass is 19.1.